The van der Waals surface area contributed by atoms with E-state index in [0.717, 1.165) is 19.3 Å². The van der Waals surface area contributed by atoms with Crippen LogP contribution in [0.3, 0.4) is 0 Å². The molecule has 0 amide bonds. The van der Waals surface area contributed by atoms with Gasteiger partial charge in [-0.1, -0.05) is 44.9 Å². The molecule has 9 N–H and O–H groups in total. The van der Waals surface area contributed by atoms with Crippen LogP contribution in [-0.4, -0.2) is 60.4 Å². The standard InChI is InChI=1S/C33H56N8O2.Ir/c42-33(43)23-15-7-14-22-24(23)32-40-30-21-13-6-5-12-20(21)28(38-30)36-26-17-9-2-1-8-16(17)25(34-26)35-27-18-10-3-4-11-19(18)29(37-27)39-31(22)41-32;/h16-32,34-41H,1-15H2,(H,42,43);. The summed E-state index contributed by atoms with van der Waals surface area (Å²) in [5, 5.41) is 43.3. The van der Waals surface area contributed by atoms with Gasteiger partial charge in [0.1, 0.15) is 0 Å². The van der Waals surface area contributed by atoms with Crippen molar-refractivity contribution in [2.24, 2.45) is 53.3 Å². The summed E-state index contributed by atoms with van der Waals surface area (Å²) in [6, 6.07) is 0. The number of aliphatic carboxylic acids is 1. The van der Waals surface area contributed by atoms with E-state index < -0.39 is 5.97 Å². The summed E-state index contributed by atoms with van der Waals surface area (Å²) in [6.07, 6.45) is 20.5. The zero-order valence-corrected chi connectivity index (χ0v) is 28.5. The molecule has 249 valence electrons. The average molecular weight is 789 g/mol. The summed E-state index contributed by atoms with van der Waals surface area (Å²) in [7, 11) is 0. The predicted molar refractivity (Wildman–Crippen MR) is 164 cm³/mol. The molecule has 5 heterocycles. The second-order valence-corrected chi connectivity index (χ2v) is 16.1. The van der Waals surface area contributed by atoms with Crippen LogP contribution in [0.4, 0.5) is 0 Å². The van der Waals surface area contributed by atoms with Crippen LogP contribution in [0, 0.1) is 53.3 Å². The van der Waals surface area contributed by atoms with Gasteiger partial charge >= 0.3 is 5.97 Å². The van der Waals surface area contributed by atoms with Crippen LogP contribution in [0.2, 0.25) is 0 Å². The van der Waals surface area contributed by atoms with E-state index in [9.17, 15) is 9.90 Å². The zero-order valence-electron chi connectivity index (χ0n) is 26.1. The molecular formula is C33H56IrN8O2. The van der Waals surface area contributed by atoms with E-state index in [1.54, 1.807) is 0 Å². The molecule has 5 saturated heterocycles. The molecular weight excluding hydrogens is 733 g/mol. The van der Waals surface area contributed by atoms with Gasteiger partial charge in [-0.15, -0.1) is 0 Å². The monoisotopic (exact) mass is 789 g/mol. The second-order valence-electron chi connectivity index (χ2n) is 16.1. The number of nitrogens with one attached hydrogen (secondary N) is 8. The van der Waals surface area contributed by atoms with Gasteiger partial charge in [0.05, 0.1) is 55.2 Å². The molecule has 8 bridgehead atoms. The molecule has 9 rings (SSSR count). The van der Waals surface area contributed by atoms with Crippen molar-refractivity contribution in [2.75, 3.05) is 0 Å². The van der Waals surface area contributed by atoms with E-state index in [0.29, 0.717) is 66.1 Å². The van der Waals surface area contributed by atoms with Crippen molar-refractivity contribution >= 4 is 5.97 Å². The maximum absolute atomic E-state index is 12.6. The fourth-order valence-corrected chi connectivity index (χ4v) is 12.3. The first-order valence-electron chi connectivity index (χ1n) is 18.4. The Morgan fingerprint density at radius 3 is 0.977 bits per heavy atom. The summed E-state index contributed by atoms with van der Waals surface area (Å²) >= 11 is 0. The molecule has 4 aliphatic carbocycles. The maximum atomic E-state index is 12.6. The smallest absolute Gasteiger partial charge is 0.306 e. The third-order valence-electron chi connectivity index (χ3n) is 14.2. The summed E-state index contributed by atoms with van der Waals surface area (Å²) in [5.41, 5.74) is 0. The third kappa shape index (κ3) is 5.28. The van der Waals surface area contributed by atoms with Crippen molar-refractivity contribution in [1.29, 1.82) is 0 Å². The van der Waals surface area contributed by atoms with Crippen molar-refractivity contribution in [3.8, 4) is 0 Å². The van der Waals surface area contributed by atoms with Crippen molar-refractivity contribution in [1.82, 2.24) is 42.5 Å². The average Bonchev–Trinajstić information content (AvgIpc) is 3.76. The molecule has 11 heteroatoms. The summed E-state index contributed by atoms with van der Waals surface area (Å²) in [6.45, 7) is 0. The Bertz CT molecular complexity index is 1050. The Morgan fingerprint density at radius 1 is 0.386 bits per heavy atom. The van der Waals surface area contributed by atoms with Crippen molar-refractivity contribution in [3.05, 3.63) is 0 Å². The SMILES string of the molecule is O=C(O)C1CCCC2C3NC4NC(NC5NC(NC6NC(NC(N3)C12)C1CCCCC61)C1CCCCC51)C1CCCCC41.[Ir]. The Kier molecular flexibility index (Phi) is 8.96. The third-order valence-corrected chi connectivity index (χ3v) is 14.2. The van der Waals surface area contributed by atoms with Crippen molar-refractivity contribution in [3.63, 3.8) is 0 Å². The van der Waals surface area contributed by atoms with Crippen LogP contribution in [0.5, 0.6) is 0 Å². The topological polar surface area (TPSA) is 134 Å². The van der Waals surface area contributed by atoms with Gasteiger partial charge in [-0.25, -0.2) is 0 Å². The number of carboxylic acids is 1. The van der Waals surface area contributed by atoms with Crippen LogP contribution in [-0.2, 0) is 24.9 Å². The first-order valence-corrected chi connectivity index (χ1v) is 18.4. The van der Waals surface area contributed by atoms with Crippen LogP contribution >= 0.6 is 0 Å². The zero-order chi connectivity index (χ0) is 28.7. The van der Waals surface area contributed by atoms with E-state index in [2.05, 4.69) is 42.5 Å². The van der Waals surface area contributed by atoms with Crippen molar-refractivity contribution in [2.45, 2.75) is 146 Å². The van der Waals surface area contributed by atoms with Gasteiger partial charge in [-0.2, -0.15) is 0 Å². The first-order chi connectivity index (χ1) is 21.1. The summed E-state index contributed by atoms with van der Waals surface area (Å²) < 4.78 is 0. The molecule has 0 aromatic carbocycles. The minimum atomic E-state index is -0.607. The van der Waals surface area contributed by atoms with E-state index in [4.69, 9.17) is 0 Å². The Labute approximate surface area is 276 Å². The number of hydrogen-bond donors (Lipinski definition) is 9. The van der Waals surface area contributed by atoms with Gasteiger partial charge in [0.15, 0.2) is 0 Å². The van der Waals surface area contributed by atoms with Crippen LogP contribution in [0.1, 0.15) is 96.3 Å². The number of carbonyl (C=O) groups is 1. The molecule has 10 nitrogen and oxygen atoms in total. The molecule has 1 radical (unpaired) electrons. The largest absolute Gasteiger partial charge is 0.481 e. The van der Waals surface area contributed by atoms with E-state index >= 15 is 0 Å². The molecule has 17 atom stereocenters. The number of fused-ring (bicyclic) bond motifs is 20. The molecule has 0 aromatic heterocycles. The Balaban J connectivity index is 0.00000289. The van der Waals surface area contributed by atoms with Crippen LogP contribution in [0.15, 0.2) is 0 Å². The van der Waals surface area contributed by atoms with Gasteiger partial charge in [-0.05, 0) is 92.8 Å². The number of hydrogen-bond acceptors (Lipinski definition) is 9. The van der Waals surface area contributed by atoms with Gasteiger partial charge in [0.2, 0.25) is 0 Å². The Morgan fingerprint density at radius 2 is 0.659 bits per heavy atom. The fourth-order valence-electron chi connectivity index (χ4n) is 12.3. The summed E-state index contributed by atoms with van der Waals surface area (Å²) in [4.78, 5) is 12.6. The first kappa shape index (κ1) is 31.1. The molecule has 4 saturated carbocycles. The molecule has 9 aliphatic rings. The minimum absolute atomic E-state index is 0. The second kappa shape index (κ2) is 12.7. The number of carboxylic acid groups (broad SMARTS) is 1. The van der Waals surface area contributed by atoms with Gasteiger partial charge < -0.3 is 5.11 Å². The predicted octanol–water partition coefficient (Wildman–Crippen LogP) is 1.91. The normalized spacial score (nSPS) is 54.8. The quantitative estimate of drug-likeness (QED) is 0.194. The molecule has 9 fully saturated rings. The fraction of sp³-hybridized carbons (Fsp3) is 0.970. The van der Waals surface area contributed by atoms with Crippen LogP contribution in [0.25, 0.3) is 0 Å². The van der Waals surface area contributed by atoms with Crippen molar-refractivity contribution < 1.29 is 30.0 Å². The molecule has 17 unspecified atom stereocenters. The minimum Gasteiger partial charge on any atom is -0.481 e. The molecule has 44 heavy (non-hydrogen) atoms. The summed E-state index contributed by atoms with van der Waals surface area (Å²) in [5.74, 6) is 3.36. The van der Waals surface area contributed by atoms with Gasteiger partial charge in [0.25, 0.3) is 0 Å². The Hall–Kier alpha value is -0.201. The molecule has 0 spiro atoms. The molecule has 0 aromatic rings. The van der Waals surface area contributed by atoms with Gasteiger partial charge in [0, 0.05) is 26.0 Å². The van der Waals surface area contributed by atoms with E-state index in [1.807, 2.05) is 0 Å². The maximum Gasteiger partial charge on any atom is 0.306 e. The van der Waals surface area contributed by atoms with E-state index in [1.165, 1.54) is 77.0 Å². The molecule has 5 aliphatic heterocycles. The number of rotatable bonds is 1. The van der Waals surface area contributed by atoms with E-state index in [-0.39, 0.29) is 56.6 Å². The van der Waals surface area contributed by atoms with Crippen LogP contribution < -0.4 is 42.5 Å². The van der Waals surface area contributed by atoms with Gasteiger partial charge in [-0.3, -0.25) is 47.3 Å².